The van der Waals surface area contributed by atoms with E-state index in [0.29, 0.717) is 12.6 Å². The van der Waals surface area contributed by atoms with Crippen LogP contribution in [0.1, 0.15) is 12.8 Å². The van der Waals surface area contributed by atoms with Crippen molar-refractivity contribution < 1.29 is 9.84 Å². The van der Waals surface area contributed by atoms with E-state index in [2.05, 4.69) is 21.9 Å². The molecule has 1 saturated heterocycles. The van der Waals surface area contributed by atoms with E-state index >= 15 is 0 Å². The molecule has 1 aliphatic rings. The van der Waals surface area contributed by atoms with Gasteiger partial charge in [-0.15, -0.1) is 0 Å². The standard InChI is InChI=1S/C13H22N4O2/c1-16(5-6-18)12-9-13(15-10-14-12)17(2)11-3-7-19-8-4-11/h9-11,18H,3-8H2,1-2H3. The maximum absolute atomic E-state index is 8.97. The van der Waals surface area contributed by atoms with Crippen LogP contribution in [0, 0.1) is 0 Å². The van der Waals surface area contributed by atoms with Gasteiger partial charge in [0.15, 0.2) is 0 Å². The zero-order valence-electron chi connectivity index (χ0n) is 11.6. The zero-order valence-corrected chi connectivity index (χ0v) is 11.6. The lowest BCUT2D eigenvalue weighted by atomic mass is 10.1. The molecule has 0 bridgehead atoms. The van der Waals surface area contributed by atoms with E-state index in [1.807, 2.05) is 18.0 Å². The Hall–Kier alpha value is -1.40. The highest BCUT2D eigenvalue weighted by atomic mass is 16.5. The summed E-state index contributed by atoms with van der Waals surface area (Å²) in [4.78, 5) is 12.7. The Kier molecular flexibility index (Phi) is 4.93. The van der Waals surface area contributed by atoms with E-state index in [9.17, 15) is 0 Å². The van der Waals surface area contributed by atoms with Crippen molar-refractivity contribution in [1.29, 1.82) is 0 Å². The minimum Gasteiger partial charge on any atom is -0.395 e. The maximum Gasteiger partial charge on any atom is 0.134 e. The number of nitrogens with zero attached hydrogens (tertiary/aromatic N) is 4. The second kappa shape index (κ2) is 6.68. The van der Waals surface area contributed by atoms with Gasteiger partial charge in [-0.3, -0.25) is 0 Å². The summed E-state index contributed by atoms with van der Waals surface area (Å²) in [7, 11) is 3.98. The Bertz CT molecular complexity index is 396. The molecule has 1 aromatic rings. The van der Waals surface area contributed by atoms with Crippen molar-refractivity contribution >= 4 is 11.6 Å². The monoisotopic (exact) mass is 266 g/mol. The molecule has 1 aromatic heterocycles. The summed E-state index contributed by atoms with van der Waals surface area (Å²) in [6.45, 7) is 2.32. The number of aliphatic hydroxyl groups excluding tert-OH is 1. The van der Waals surface area contributed by atoms with Gasteiger partial charge in [-0.1, -0.05) is 0 Å². The fraction of sp³-hybridized carbons (Fsp3) is 0.692. The lowest BCUT2D eigenvalue weighted by Gasteiger charge is -2.32. The average Bonchev–Trinajstić information content (AvgIpc) is 2.48. The number of hydrogen-bond donors (Lipinski definition) is 1. The second-order valence-electron chi connectivity index (χ2n) is 4.83. The van der Waals surface area contributed by atoms with Gasteiger partial charge in [0.2, 0.25) is 0 Å². The molecule has 6 heteroatoms. The third kappa shape index (κ3) is 3.54. The molecule has 0 unspecified atom stereocenters. The molecule has 19 heavy (non-hydrogen) atoms. The normalized spacial score (nSPS) is 16.4. The molecular formula is C13H22N4O2. The fourth-order valence-corrected chi connectivity index (χ4v) is 2.26. The minimum absolute atomic E-state index is 0.117. The van der Waals surface area contributed by atoms with Crippen molar-refractivity contribution in [1.82, 2.24) is 9.97 Å². The molecule has 1 N–H and O–H groups in total. The first-order chi connectivity index (χ1) is 9.22. The average molecular weight is 266 g/mol. The highest BCUT2D eigenvalue weighted by molar-refractivity contribution is 5.49. The number of rotatable bonds is 5. The Morgan fingerprint density at radius 1 is 1.26 bits per heavy atom. The van der Waals surface area contributed by atoms with Gasteiger partial charge in [0.1, 0.15) is 18.0 Å². The number of hydrogen-bond acceptors (Lipinski definition) is 6. The van der Waals surface area contributed by atoms with E-state index in [4.69, 9.17) is 9.84 Å². The molecule has 0 amide bonds. The predicted octanol–water partition coefficient (Wildman–Crippen LogP) is 0.520. The molecule has 2 heterocycles. The van der Waals surface area contributed by atoms with Crippen LogP contribution in [-0.4, -0.2) is 61.6 Å². The van der Waals surface area contributed by atoms with Crippen molar-refractivity contribution in [3.8, 4) is 0 Å². The smallest absolute Gasteiger partial charge is 0.134 e. The number of ether oxygens (including phenoxy) is 1. The number of aliphatic hydroxyl groups is 1. The number of anilines is 2. The summed E-state index contributed by atoms with van der Waals surface area (Å²) in [6.07, 6.45) is 3.64. The van der Waals surface area contributed by atoms with Crippen LogP contribution >= 0.6 is 0 Å². The lowest BCUT2D eigenvalue weighted by Crippen LogP contribution is -2.37. The third-order valence-corrected chi connectivity index (χ3v) is 3.56. The van der Waals surface area contributed by atoms with E-state index in [1.165, 1.54) is 0 Å². The van der Waals surface area contributed by atoms with Crippen molar-refractivity contribution in [2.75, 3.05) is 50.3 Å². The van der Waals surface area contributed by atoms with Gasteiger partial charge in [0.05, 0.1) is 6.61 Å². The Morgan fingerprint density at radius 3 is 2.63 bits per heavy atom. The Labute approximate surface area is 114 Å². The van der Waals surface area contributed by atoms with Crippen LogP contribution in [0.5, 0.6) is 0 Å². The van der Waals surface area contributed by atoms with Crippen molar-refractivity contribution in [2.45, 2.75) is 18.9 Å². The molecule has 0 aliphatic carbocycles. The molecular weight excluding hydrogens is 244 g/mol. The van der Waals surface area contributed by atoms with Crippen LogP contribution in [0.3, 0.4) is 0 Å². The molecule has 1 fully saturated rings. The van der Waals surface area contributed by atoms with Gasteiger partial charge in [-0.25, -0.2) is 9.97 Å². The molecule has 2 rings (SSSR count). The molecule has 106 valence electrons. The van der Waals surface area contributed by atoms with Gasteiger partial charge in [-0.05, 0) is 12.8 Å². The van der Waals surface area contributed by atoms with Crippen molar-refractivity contribution in [3.05, 3.63) is 12.4 Å². The maximum atomic E-state index is 8.97. The summed E-state index contributed by atoms with van der Waals surface area (Å²) < 4.78 is 5.38. The van der Waals surface area contributed by atoms with Crippen LogP contribution in [0.15, 0.2) is 12.4 Å². The number of likely N-dealkylation sites (N-methyl/N-ethyl adjacent to an activating group) is 1. The van der Waals surface area contributed by atoms with Crippen LogP contribution in [0.4, 0.5) is 11.6 Å². The second-order valence-corrected chi connectivity index (χ2v) is 4.83. The van der Waals surface area contributed by atoms with Crippen LogP contribution in [-0.2, 0) is 4.74 Å². The molecule has 0 spiro atoms. The summed E-state index contributed by atoms with van der Waals surface area (Å²) >= 11 is 0. The van der Waals surface area contributed by atoms with Gasteiger partial charge >= 0.3 is 0 Å². The Balaban J connectivity index is 2.08. The Morgan fingerprint density at radius 2 is 1.95 bits per heavy atom. The van der Waals surface area contributed by atoms with Gasteiger partial charge < -0.3 is 19.6 Å². The first-order valence-electron chi connectivity index (χ1n) is 6.67. The highest BCUT2D eigenvalue weighted by Crippen LogP contribution is 2.21. The summed E-state index contributed by atoms with van der Waals surface area (Å²) in [5.41, 5.74) is 0. The zero-order chi connectivity index (χ0) is 13.7. The fourth-order valence-electron chi connectivity index (χ4n) is 2.26. The van der Waals surface area contributed by atoms with Gasteiger partial charge in [-0.2, -0.15) is 0 Å². The van der Waals surface area contributed by atoms with E-state index in [-0.39, 0.29) is 6.61 Å². The molecule has 1 aliphatic heterocycles. The van der Waals surface area contributed by atoms with Crippen LogP contribution in [0.2, 0.25) is 0 Å². The first kappa shape index (κ1) is 14.0. The summed E-state index contributed by atoms with van der Waals surface area (Å²) in [5.74, 6) is 1.75. The van der Waals surface area contributed by atoms with Crippen LogP contribution in [0.25, 0.3) is 0 Å². The van der Waals surface area contributed by atoms with Crippen LogP contribution < -0.4 is 9.80 Å². The van der Waals surface area contributed by atoms with Gasteiger partial charge in [0, 0.05) is 46.0 Å². The molecule has 6 nitrogen and oxygen atoms in total. The summed E-state index contributed by atoms with van der Waals surface area (Å²) in [5, 5.41) is 8.97. The highest BCUT2D eigenvalue weighted by Gasteiger charge is 2.20. The molecule has 0 atom stereocenters. The third-order valence-electron chi connectivity index (χ3n) is 3.56. The molecule has 0 saturated carbocycles. The summed E-state index contributed by atoms with van der Waals surface area (Å²) in [6, 6.07) is 2.44. The van der Waals surface area contributed by atoms with Gasteiger partial charge in [0.25, 0.3) is 0 Å². The molecule has 0 aromatic carbocycles. The SMILES string of the molecule is CN(CCO)c1cc(N(C)C2CCOCC2)ncn1. The topological polar surface area (TPSA) is 61.7 Å². The van der Waals surface area contributed by atoms with E-state index in [1.54, 1.807) is 6.33 Å². The minimum atomic E-state index is 0.117. The first-order valence-corrected chi connectivity index (χ1v) is 6.67. The molecule has 0 radical (unpaired) electrons. The number of aromatic nitrogens is 2. The van der Waals surface area contributed by atoms with E-state index < -0.39 is 0 Å². The largest absolute Gasteiger partial charge is 0.395 e. The van der Waals surface area contributed by atoms with E-state index in [0.717, 1.165) is 37.7 Å². The van der Waals surface area contributed by atoms with Crippen molar-refractivity contribution in [3.63, 3.8) is 0 Å². The van der Waals surface area contributed by atoms with Crippen molar-refractivity contribution in [2.24, 2.45) is 0 Å². The predicted molar refractivity (Wildman–Crippen MR) is 74.6 cm³/mol. The quantitative estimate of drug-likeness (QED) is 0.838. The lowest BCUT2D eigenvalue weighted by molar-refractivity contribution is 0.0853.